The molecule has 0 N–H and O–H groups in total. The first-order valence-electron chi connectivity index (χ1n) is 9.45. The van der Waals surface area contributed by atoms with Gasteiger partial charge in [-0.1, -0.05) is 23.7 Å². The SMILES string of the molecule is Cc1c(OC(=O)c2ccc3c(c2)OCO3)ccc2c1O/C(=C\c1cccc(Cl)c1)C2=O. The van der Waals surface area contributed by atoms with Crippen molar-refractivity contribution in [1.82, 2.24) is 0 Å². The zero-order chi connectivity index (χ0) is 21.5. The van der Waals surface area contributed by atoms with Crippen LogP contribution in [0.4, 0.5) is 0 Å². The van der Waals surface area contributed by atoms with Crippen LogP contribution in [0.3, 0.4) is 0 Å². The van der Waals surface area contributed by atoms with Gasteiger partial charge in [0.15, 0.2) is 17.3 Å². The third-order valence-electron chi connectivity index (χ3n) is 4.99. The first kappa shape index (κ1) is 19.2. The Morgan fingerprint density at radius 1 is 1.06 bits per heavy atom. The van der Waals surface area contributed by atoms with Gasteiger partial charge in [-0.25, -0.2) is 4.79 Å². The Morgan fingerprint density at radius 3 is 2.74 bits per heavy atom. The third-order valence-corrected chi connectivity index (χ3v) is 5.23. The van der Waals surface area contributed by atoms with Gasteiger partial charge in [-0.15, -0.1) is 0 Å². The van der Waals surface area contributed by atoms with E-state index < -0.39 is 5.97 Å². The number of allylic oxidation sites excluding steroid dienone is 1. The van der Waals surface area contributed by atoms with Crippen LogP contribution in [0.1, 0.15) is 31.8 Å². The second-order valence-electron chi connectivity index (χ2n) is 7.02. The minimum Gasteiger partial charge on any atom is -0.454 e. The maximum absolute atomic E-state index is 12.7. The number of fused-ring (bicyclic) bond motifs is 2. The fourth-order valence-electron chi connectivity index (χ4n) is 3.41. The summed E-state index contributed by atoms with van der Waals surface area (Å²) in [6, 6.07) is 15.1. The highest BCUT2D eigenvalue weighted by molar-refractivity contribution is 6.30. The monoisotopic (exact) mass is 434 g/mol. The van der Waals surface area contributed by atoms with Crippen LogP contribution in [0.15, 0.2) is 60.4 Å². The van der Waals surface area contributed by atoms with Gasteiger partial charge in [0.05, 0.1) is 11.1 Å². The molecule has 0 saturated heterocycles. The van der Waals surface area contributed by atoms with Crippen LogP contribution >= 0.6 is 11.6 Å². The quantitative estimate of drug-likeness (QED) is 0.320. The molecule has 0 saturated carbocycles. The molecule has 0 aromatic heterocycles. The lowest BCUT2D eigenvalue weighted by Gasteiger charge is -2.10. The lowest BCUT2D eigenvalue weighted by Crippen LogP contribution is -2.09. The number of ether oxygens (including phenoxy) is 4. The molecule has 3 aromatic carbocycles. The molecular weight excluding hydrogens is 420 g/mol. The Morgan fingerprint density at radius 2 is 1.90 bits per heavy atom. The van der Waals surface area contributed by atoms with E-state index in [-0.39, 0.29) is 18.3 Å². The van der Waals surface area contributed by atoms with Crippen molar-refractivity contribution in [1.29, 1.82) is 0 Å². The molecule has 0 fully saturated rings. The third kappa shape index (κ3) is 3.51. The van der Waals surface area contributed by atoms with Crippen LogP contribution < -0.4 is 18.9 Å². The Labute approximate surface area is 182 Å². The first-order chi connectivity index (χ1) is 15.0. The van der Waals surface area contributed by atoms with Crippen molar-refractivity contribution >= 4 is 29.4 Å². The highest BCUT2D eigenvalue weighted by Crippen LogP contribution is 2.40. The Kier molecular flexibility index (Phi) is 4.64. The van der Waals surface area contributed by atoms with Gasteiger partial charge in [0.2, 0.25) is 12.6 Å². The number of hydrogen-bond donors (Lipinski definition) is 0. The van der Waals surface area contributed by atoms with Crippen LogP contribution in [0.5, 0.6) is 23.0 Å². The molecule has 2 aliphatic rings. The molecule has 3 aromatic rings. The summed E-state index contributed by atoms with van der Waals surface area (Å²) >= 11 is 6.01. The molecule has 5 rings (SSSR count). The summed E-state index contributed by atoms with van der Waals surface area (Å²) in [7, 11) is 0. The summed E-state index contributed by atoms with van der Waals surface area (Å²) in [5.74, 6) is 1.13. The van der Waals surface area contributed by atoms with Gasteiger partial charge in [0, 0.05) is 10.6 Å². The average Bonchev–Trinajstić information content (AvgIpc) is 3.35. The van der Waals surface area contributed by atoms with E-state index in [1.165, 1.54) is 0 Å². The molecule has 0 spiro atoms. The van der Waals surface area contributed by atoms with E-state index in [0.29, 0.717) is 44.7 Å². The van der Waals surface area contributed by atoms with Crippen molar-refractivity contribution in [2.24, 2.45) is 0 Å². The van der Waals surface area contributed by atoms with Crippen molar-refractivity contribution in [3.8, 4) is 23.0 Å². The smallest absolute Gasteiger partial charge is 0.343 e. The number of carbonyl (C=O) groups is 2. The largest absolute Gasteiger partial charge is 0.454 e. The van der Waals surface area contributed by atoms with Gasteiger partial charge in [-0.2, -0.15) is 0 Å². The Bertz CT molecular complexity index is 1280. The van der Waals surface area contributed by atoms with Crippen LogP contribution in [-0.4, -0.2) is 18.5 Å². The topological polar surface area (TPSA) is 71.1 Å². The predicted octanol–water partition coefficient (Wildman–Crippen LogP) is 5.21. The number of halogens is 1. The van der Waals surface area contributed by atoms with Crippen LogP contribution in [0, 0.1) is 6.92 Å². The zero-order valence-corrected chi connectivity index (χ0v) is 17.1. The second kappa shape index (κ2) is 7.49. The predicted molar refractivity (Wildman–Crippen MR) is 113 cm³/mol. The van der Waals surface area contributed by atoms with Gasteiger partial charge in [-0.3, -0.25) is 4.79 Å². The molecule has 0 radical (unpaired) electrons. The molecule has 6 nitrogen and oxygen atoms in total. The number of benzene rings is 3. The summed E-state index contributed by atoms with van der Waals surface area (Å²) in [5.41, 5.74) is 2.03. The summed E-state index contributed by atoms with van der Waals surface area (Å²) < 4.78 is 21.9. The van der Waals surface area contributed by atoms with Gasteiger partial charge < -0.3 is 18.9 Å². The summed E-state index contributed by atoms with van der Waals surface area (Å²) in [6.07, 6.45) is 1.63. The van der Waals surface area contributed by atoms with Gasteiger partial charge in [0.1, 0.15) is 11.5 Å². The van der Waals surface area contributed by atoms with E-state index in [1.807, 2.05) is 6.07 Å². The minimum absolute atomic E-state index is 0.119. The minimum atomic E-state index is -0.555. The second-order valence-corrected chi connectivity index (χ2v) is 7.45. The van der Waals surface area contributed by atoms with E-state index in [1.54, 1.807) is 61.5 Å². The summed E-state index contributed by atoms with van der Waals surface area (Å²) in [6.45, 7) is 1.85. The molecule has 0 aliphatic carbocycles. The standard InChI is InChI=1S/C24H15ClO6/c1-13-18(31-24(27)15-5-7-19-20(11-15)29-12-28-19)8-6-17-22(26)21(30-23(13)17)10-14-3-2-4-16(25)9-14/h2-11H,12H2,1H3/b21-10-. The number of rotatable bonds is 3. The van der Waals surface area contributed by atoms with Gasteiger partial charge >= 0.3 is 5.97 Å². The Balaban J connectivity index is 1.41. The molecule has 31 heavy (non-hydrogen) atoms. The van der Waals surface area contributed by atoms with Crippen LogP contribution in [-0.2, 0) is 0 Å². The maximum atomic E-state index is 12.7. The molecule has 0 amide bonds. The molecule has 0 atom stereocenters. The summed E-state index contributed by atoms with van der Waals surface area (Å²) in [5, 5.41) is 0.561. The van der Waals surface area contributed by atoms with Crippen molar-refractivity contribution < 1.29 is 28.5 Å². The number of carbonyl (C=O) groups excluding carboxylic acids is 2. The first-order valence-corrected chi connectivity index (χ1v) is 9.82. The number of ketones is 1. The molecule has 154 valence electrons. The van der Waals surface area contributed by atoms with Crippen LogP contribution in [0.2, 0.25) is 5.02 Å². The molecule has 7 heteroatoms. The molecule has 2 heterocycles. The van der Waals surface area contributed by atoms with E-state index >= 15 is 0 Å². The Hall–Kier alpha value is -3.77. The fraction of sp³-hybridized carbons (Fsp3) is 0.0833. The van der Waals surface area contributed by atoms with E-state index in [0.717, 1.165) is 5.56 Å². The number of esters is 1. The molecular formula is C24H15ClO6. The molecule has 0 unspecified atom stereocenters. The van der Waals surface area contributed by atoms with Crippen molar-refractivity contribution in [3.63, 3.8) is 0 Å². The summed E-state index contributed by atoms with van der Waals surface area (Å²) in [4.78, 5) is 25.4. The lowest BCUT2D eigenvalue weighted by molar-refractivity contribution is 0.0732. The average molecular weight is 435 g/mol. The van der Waals surface area contributed by atoms with Crippen molar-refractivity contribution in [2.45, 2.75) is 6.92 Å². The molecule has 2 aliphatic heterocycles. The molecule has 0 bridgehead atoms. The van der Waals surface area contributed by atoms with Crippen LogP contribution in [0.25, 0.3) is 6.08 Å². The zero-order valence-electron chi connectivity index (χ0n) is 16.3. The van der Waals surface area contributed by atoms with Crippen molar-refractivity contribution in [3.05, 3.63) is 87.6 Å². The highest BCUT2D eigenvalue weighted by Gasteiger charge is 2.30. The highest BCUT2D eigenvalue weighted by atomic mass is 35.5. The lowest BCUT2D eigenvalue weighted by atomic mass is 10.1. The number of Topliss-reactive ketones (excluding diaryl/α,β-unsaturated/α-hetero) is 1. The maximum Gasteiger partial charge on any atom is 0.343 e. The van der Waals surface area contributed by atoms with Gasteiger partial charge in [-0.05, 0) is 61.0 Å². The van der Waals surface area contributed by atoms with Gasteiger partial charge in [0.25, 0.3) is 0 Å². The van der Waals surface area contributed by atoms with Crippen molar-refractivity contribution in [2.75, 3.05) is 6.79 Å². The van der Waals surface area contributed by atoms with E-state index in [2.05, 4.69) is 0 Å². The van der Waals surface area contributed by atoms with E-state index in [9.17, 15) is 9.59 Å². The normalized spacial score (nSPS) is 15.0. The fourth-order valence-corrected chi connectivity index (χ4v) is 3.61. The van der Waals surface area contributed by atoms with E-state index in [4.69, 9.17) is 30.5 Å². The number of hydrogen-bond acceptors (Lipinski definition) is 6.